The fourth-order valence-electron chi connectivity index (χ4n) is 3.45. The monoisotopic (exact) mass is 353 g/mol. The molecule has 3 rings (SSSR count). The molecule has 0 spiro atoms. The number of rotatable bonds is 5. The van der Waals surface area contributed by atoms with E-state index in [1.165, 1.54) is 12.5 Å². The average Bonchev–Trinajstić information content (AvgIpc) is 3.37. The van der Waals surface area contributed by atoms with Crippen molar-refractivity contribution in [1.29, 1.82) is 0 Å². The maximum Gasteiger partial charge on any atom is 0.255 e. The molecule has 24 heavy (non-hydrogen) atoms. The Kier molecular flexibility index (Phi) is 4.95. The third-order valence-electron chi connectivity index (χ3n) is 5.10. The number of sulfone groups is 1. The standard InChI is InChI=1S/C18H24FNO3S/c1-20(15-5-3-2-4-6-15)18(21)16-11-14(19)9-10-17(16)24(22,23)12-13-7-8-13/h9-11,13,15H,2-8,12H2,1H3. The summed E-state index contributed by atoms with van der Waals surface area (Å²) < 4.78 is 39.0. The van der Waals surface area contributed by atoms with Crippen molar-refractivity contribution in [2.45, 2.75) is 55.9 Å². The second-order valence-corrected chi connectivity index (χ2v) is 9.08. The van der Waals surface area contributed by atoms with Crippen molar-refractivity contribution in [3.63, 3.8) is 0 Å². The van der Waals surface area contributed by atoms with Crippen molar-refractivity contribution in [3.8, 4) is 0 Å². The summed E-state index contributed by atoms with van der Waals surface area (Å²) in [6.45, 7) is 0. The average molecular weight is 353 g/mol. The van der Waals surface area contributed by atoms with E-state index in [4.69, 9.17) is 0 Å². The first-order valence-electron chi connectivity index (χ1n) is 8.68. The molecule has 0 radical (unpaired) electrons. The number of carbonyl (C=O) groups is 1. The molecule has 2 aliphatic carbocycles. The predicted octanol–water partition coefficient (Wildman–Crippen LogP) is 3.41. The number of halogens is 1. The first-order chi connectivity index (χ1) is 11.4. The SMILES string of the molecule is CN(C(=O)c1cc(F)ccc1S(=O)(=O)CC1CC1)C1CCCCC1. The van der Waals surface area contributed by atoms with Crippen LogP contribution in [0.3, 0.4) is 0 Å². The summed E-state index contributed by atoms with van der Waals surface area (Å²) in [5.74, 6) is -0.748. The van der Waals surface area contributed by atoms with E-state index in [1.54, 1.807) is 11.9 Å². The zero-order valence-electron chi connectivity index (χ0n) is 14.0. The van der Waals surface area contributed by atoms with Gasteiger partial charge in [-0.05, 0) is 49.8 Å². The highest BCUT2D eigenvalue weighted by Crippen LogP contribution is 2.33. The van der Waals surface area contributed by atoms with Crippen LogP contribution in [0.1, 0.15) is 55.3 Å². The lowest BCUT2D eigenvalue weighted by Gasteiger charge is -2.31. The summed E-state index contributed by atoms with van der Waals surface area (Å²) in [7, 11) is -1.87. The molecule has 0 atom stereocenters. The summed E-state index contributed by atoms with van der Waals surface area (Å²) in [6.07, 6.45) is 6.96. The van der Waals surface area contributed by atoms with Crippen LogP contribution in [-0.2, 0) is 9.84 Å². The van der Waals surface area contributed by atoms with E-state index >= 15 is 0 Å². The molecular weight excluding hydrogens is 329 g/mol. The van der Waals surface area contributed by atoms with Gasteiger partial charge in [-0.1, -0.05) is 19.3 Å². The Labute approximate surface area is 143 Å². The van der Waals surface area contributed by atoms with Crippen LogP contribution in [0.25, 0.3) is 0 Å². The van der Waals surface area contributed by atoms with Crippen molar-refractivity contribution in [2.75, 3.05) is 12.8 Å². The zero-order chi connectivity index (χ0) is 17.3. The second kappa shape index (κ2) is 6.82. The number of benzene rings is 1. The highest BCUT2D eigenvalue weighted by atomic mass is 32.2. The normalized spacial score (nSPS) is 19.2. The van der Waals surface area contributed by atoms with Gasteiger partial charge in [0, 0.05) is 13.1 Å². The third-order valence-corrected chi connectivity index (χ3v) is 7.04. The molecule has 0 N–H and O–H groups in total. The number of hydrogen-bond donors (Lipinski definition) is 0. The van der Waals surface area contributed by atoms with Crippen molar-refractivity contribution < 1.29 is 17.6 Å². The minimum absolute atomic E-state index is 0.0243. The van der Waals surface area contributed by atoms with E-state index in [2.05, 4.69) is 0 Å². The lowest BCUT2D eigenvalue weighted by molar-refractivity contribution is 0.0691. The Morgan fingerprint density at radius 1 is 1.17 bits per heavy atom. The van der Waals surface area contributed by atoms with Crippen LogP contribution in [0.2, 0.25) is 0 Å². The molecule has 0 unspecified atom stereocenters. The molecule has 132 valence electrons. The van der Waals surface area contributed by atoms with Crippen molar-refractivity contribution in [3.05, 3.63) is 29.6 Å². The van der Waals surface area contributed by atoms with Gasteiger partial charge < -0.3 is 4.90 Å². The van der Waals surface area contributed by atoms with Gasteiger partial charge in [0.1, 0.15) is 5.82 Å². The van der Waals surface area contributed by atoms with Gasteiger partial charge in [-0.3, -0.25) is 4.79 Å². The Balaban J connectivity index is 1.90. The summed E-state index contributed by atoms with van der Waals surface area (Å²) >= 11 is 0. The van der Waals surface area contributed by atoms with E-state index in [1.807, 2.05) is 0 Å². The van der Waals surface area contributed by atoms with E-state index in [0.29, 0.717) is 0 Å². The van der Waals surface area contributed by atoms with Crippen LogP contribution in [0, 0.1) is 11.7 Å². The molecule has 0 aromatic heterocycles. The Hall–Kier alpha value is -1.43. The molecule has 2 aliphatic rings. The summed E-state index contributed by atoms with van der Waals surface area (Å²) in [4.78, 5) is 14.4. The van der Waals surface area contributed by atoms with Crippen LogP contribution in [0.5, 0.6) is 0 Å². The Bertz CT molecular complexity index is 722. The van der Waals surface area contributed by atoms with Crippen LogP contribution < -0.4 is 0 Å². The number of hydrogen-bond acceptors (Lipinski definition) is 3. The van der Waals surface area contributed by atoms with Gasteiger partial charge in [0.2, 0.25) is 0 Å². The van der Waals surface area contributed by atoms with Crippen molar-refractivity contribution in [1.82, 2.24) is 4.90 Å². The molecule has 0 bridgehead atoms. The molecule has 2 fully saturated rings. The summed E-state index contributed by atoms with van der Waals surface area (Å²) in [5.41, 5.74) is -0.0243. The quantitative estimate of drug-likeness (QED) is 0.762. The van der Waals surface area contributed by atoms with Crippen LogP contribution in [0.15, 0.2) is 23.1 Å². The molecule has 6 heteroatoms. The highest BCUT2D eigenvalue weighted by Gasteiger charge is 2.33. The molecule has 1 aromatic carbocycles. The van der Waals surface area contributed by atoms with E-state index in [9.17, 15) is 17.6 Å². The van der Waals surface area contributed by atoms with Gasteiger partial charge in [0.05, 0.1) is 16.2 Å². The lowest BCUT2D eigenvalue weighted by atomic mass is 9.94. The van der Waals surface area contributed by atoms with Crippen LogP contribution in [-0.4, -0.2) is 38.1 Å². The third kappa shape index (κ3) is 3.79. The molecule has 2 saturated carbocycles. The maximum absolute atomic E-state index is 13.7. The minimum atomic E-state index is -3.57. The highest BCUT2D eigenvalue weighted by molar-refractivity contribution is 7.91. The molecule has 0 heterocycles. The molecule has 1 aromatic rings. The molecule has 1 amide bonds. The van der Waals surface area contributed by atoms with Crippen molar-refractivity contribution >= 4 is 15.7 Å². The zero-order valence-corrected chi connectivity index (χ0v) is 14.8. The van der Waals surface area contributed by atoms with E-state index in [0.717, 1.165) is 50.7 Å². The molecular formula is C18H24FNO3S. The maximum atomic E-state index is 13.7. The lowest BCUT2D eigenvalue weighted by Crippen LogP contribution is -2.39. The fraction of sp³-hybridized carbons (Fsp3) is 0.611. The fourth-order valence-corrected chi connectivity index (χ4v) is 5.34. The topological polar surface area (TPSA) is 54.5 Å². The molecule has 4 nitrogen and oxygen atoms in total. The largest absolute Gasteiger partial charge is 0.339 e. The van der Waals surface area contributed by atoms with E-state index in [-0.39, 0.29) is 28.2 Å². The Morgan fingerprint density at radius 3 is 2.46 bits per heavy atom. The number of nitrogens with zero attached hydrogens (tertiary/aromatic N) is 1. The number of carbonyl (C=O) groups excluding carboxylic acids is 1. The first kappa shape index (κ1) is 17.4. The predicted molar refractivity (Wildman–Crippen MR) is 90.1 cm³/mol. The second-order valence-electron chi connectivity index (χ2n) is 7.07. The Morgan fingerprint density at radius 2 is 1.83 bits per heavy atom. The van der Waals surface area contributed by atoms with Crippen LogP contribution in [0.4, 0.5) is 4.39 Å². The smallest absolute Gasteiger partial charge is 0.255 e. The van der Waals surface area contributed by atoms with E-state index < -0.39 is 21.6 Å². The van der Waals surface area contributed by atoms with Gasteiger partial charge in [-0.15, -0.1) is 0 Å². The van der Waals surface area contributed by atoms with Gasteiger partial charge in [-0.25, -0.2) is 12.8 Å². The minimum Gasteiger partial charge on any atom is -0.339 e. The molecule has 0 saturated heterocycles. The summed E-state index contributed by atoms with van der Waals surface area (Å²) in [6, 6.07) is 3.54. The van der Waals surface area contributed by atoms with Crippen LogP contribution >= 0.6 is 0 Å². The number of amides is 1. The molecule has 0 aliphatic heterocycles. The van der Waals surface area contributed by atoms with Gasteiger partial charge in [0.25, 0.3) is 5.91 Å². The van der Waals surface area contributed by atoms with Gasteiger partial charge in [-0.2, -0.15) is 0 Å². The summed E-state index contributed by atoms with van der Waals surface area (Å²) in [5, 5.41) is 0. The van der Waals surface area contributed by atoms with Gasteiger partial charge >= 0.3 is 0 Å². The van der Waals surface area contributed by atoms with Gasteiger partial charge in [0.15, 0.2) is 9.84 Å². The first-order valence-corrected chi connectivity index (χ1v) is 10.3. The van der Waals surface area contributed by atoms with Crippen molar-refractivity contribution in [2.24, 2.45) is 5.92 Å².